The largest absolute Gasteiger partial charge is 0.508 e. The number of rotatable bonds is 3. The zero-order valence-corrected chi connectivity index (χ0v) is 10.4. The Hall–Kier alpha value is -2.04. The Balaban J connectivity index is 2.24. The maximum atomic E-state index is 11.8. The maximum absolute atomic E-state index is 11.8. The van der Waals surface area contributed by atoms with Gasteiger partial charge in [-0.2, -0.15) is 0 Å². The molecule has 1 aliphatic heterocycles. The molecule has 0 saturated carbocycles. The lowest BCUT2D eigenvalue weighted by molar-refractivity contribution is -0.126. The van der Waals surface area contributed by atoms with Crippen LogP contribution < -0.4 is 5.32 Å². The minimum Gasteiger partial charge on any atom is -0.508 e. The van der Waals surface area contributed by atoms with E-state index in [1.54, 1.807) is 31.2 Å². The molecule has 0 aromatic heterocycles. The van der Waals surface area contributed by atoms with Gasteiger partial charge in [-0.3, -0.25) is 10.1 Å². The van der Waals surface area contributed by atoms with Gasteiger partial charge in [-0.05, 0) is 31.0 Å². The minimum atomic E-state index is -0.797. The second kappa shape index (κ2) is 4.33. The highest BCUT2D eigenvalue weighted by molar-refractivity contribution is 6.06. The van der Waals surface area contributed by atoms with E-state index in [4.69, 9.17) is 0 Å². The second-order valence-corrected chi connectivity index (χ2v) is 4.64. The first-order valence-corrected chi connectivity index (χ1v) is 5.88. The lowest BCUT2D eigenvalue weighted by Crippen LogP contribution is -2.45. The van der Waals surface area contributed by atoms with Gasteiger partial charge in [0.15, 0.2) is 0 Å². The highest BCUT2D eigenvalue weighted by Gasteiger charge is 2.47. The van der Waals surface area contributed by atoms with E-state index in [0.29, 0.717) is 13.0 Å². The van der Waals surface area contributed by atoms with Crippen molar-refractivity contribution in [3.63, 3.8) is 0 Å². The molecule has 1 aliphatic rings. The van der Waals surface area contributed by atoms with Gasteiger partial charge in [0.25, 0.3) is 5.91 Å². The van der Waals surface area contributed by atoms with Crippen LogP contribution in [0.5, 0.6) is 5.75 Å². The molecule has 3 amide bonds. The first-order chi connectivity index (χ1) is 8.47. The summed E-state index contributed by atoms with van der Waals surface area (Å²) in [5.41, 5.74) is 0.0759. The summed E-state index contributed by atoms with van der Waals surface area (Å²) in [6, 6.07) is 6.24. The van der Waals surface area contributed by atoms with Gasteiger partial charge in [0.05, 0.1) is 0 Å². The van der Waals surface area contributed by atoms with Crippen molar-refractivity contribution in [3.8, 4) is 5.75 Å². The van der Waals surface area contributed by atoms with Crippen molar-refractivity contribution in [2.45, 2.75) is 32.4 Å². The highest BCUT2D eigenvalue weighted by Crippen LogP contribution is 2.27. The standard InChI is InChI=1S/C13H16N2O3/c1-3-13(2)11(17)14-12(18)15(13)8-9-4-6-10(16)7-5-9/h4-7,16H,3,8H2,1-2H3,(H,14,17,18). The average Bonchev–Trinajstić information content (AvgIpc) is 2.56. The van der Waals surface area contributed by atoms with Crippen molar-refractivity contribution < 1.29 is 14.7 Å². The van der Waals surface area contributed by atoms with E-state index in [-0.39, 0.29) is 17.7 Å². The fraction of sp³-hybridized carbons (Fsp3) is 0.385. The highest BCUT2D eigenvalue weighted by atomic mass is 16.3. The Labute approximate surface area is 105 Å². The van der Waals surface area contributed by atoms with Crippen LogP contribution in [0, 0.1) is 0 Å². The fourth-order valence-corrected chi connectivity index (χ4v) is 2.03. The van der Waals surface area contributed by atoms with Crippen LogP contribution in [0.1, 0.15) is 25.8 Å². The molecule has 2 N–H and O–H groups in total. The lowest BCUT2D eigenvalue weighted by Gasteiger charge is -2.30. The van der Waals surface area contributed by atoms with Crippen molar-refractivity contribution >= 4 is 11.9 Å². The van der Waals surface area contributed by atoms with Gasteiger partial charge in [-0.1, -0.05) is 19.1 Å². The van der Waals surface area contributed by atoms with Gasteiger partial charge in [0.2, 0.25) is 0 Å². The van der Waals surface area contributed by atoms with E-state index in [9.17, 15) is 14.7 Å². The van der Waals surface area contributed by atoms with Crippen LogP contribution in [0.4, 0.5) is 4.79 Å². The first-order valence-electron chi connectivity index (χ1n) is 5.88. The molecule has 5 nitrogen and oxygen atoms in total. The van der Waals surface area contributed by atoms with Gasteiger partial charge in [-0.25, -0.2) is 4.79 Å². The van der Waals surface area contributed by atoms with Crippen LogP contribution in [0.2, 0.25) is 0 Å². The molecule has 1 unspecified atom stereocenters. The zero-order chi connectivity index (χ0) is 13.3. The van der Waals surface area contributed by atoms with E-state index in [0.717, 1.165) is 5.56 Å². The Bertz CT molecular complexity index is 484. The van der Waals surface area contributed by atoms with Crippen molar-refractivity contribution in [3.05, 3.63) is 29.8 Å². The second-order valence-electron chi connectivity index (χ2n) is 4.64. The van der Waals surface area contributed by atoms with Crippen molar-refractivity contribution in [2.75, 3.05) is 0 Å². The molecule has 1 heterocycles. The summed E-state index contributed by atoms with van der Waals surface area (Å²) in [6.07, 6.45) is 0.558. The van der Waals surface area contributed by atoms with Crippen LogP contribution >= 0.6 is 0 Å². The van der Waals surface area contributed by atoms with Crippen LogP contribution in [-0.4, -0.2) is 27.5 Å². The molecular weight excluding hydrogens is 232 g/mol. The molecule has 18 heavy (non-hydrogen) atoms. The number of hydrogen-bond acceptors (Lipinski definition) is 3. The quantitative estimate of drug-likeness (QED) is 0.798. The molecule has 0 radical (unpaired) electrons. The monoisotopic (exact) mass is 248 g/mol. The molecular formula is C13H16N2O3. The normalized spacial score (nSPS) is 23.3. The number of nitrogens with zero attached hydrogens (tertiary/aromatic N) is 1. The van der Waals surface area contributed by atoms with Crippen LogP contribution in [0.3, 0.4) is 0 Å². The molecule has 5 heteroatoms. The number of imide groups is 1. The summed E-state index contributed by atoms with van der Waals surface area (Å²) in [4.78, 5) is 25.1. The maximum Gasteiger partial charge on any atom is 0.325 e. The van der Waals surface area contributed by atoms with Crippen LogP contribution in [0.15, 0.2) is 24.3 Å². The number of carbonyl (C=O) groups excluding carboxylic acids is 2. The molecule has 0 aliphatic carbocycles. The summed E-state index contributed by atoms with van der Waals surface area (Å²) in [6.45, 7) is 3.98. The molecule has 1 aromatic carbocycles. The number of carbonyl (C=O) groups is 2. The van der Waals surface area contributed by atoms with Gasteiger partial charge < -0.3 is 10.0 Å². The molecule has 1 atom stereocenters. The van der Waals surface area contributed by atoms with Crippen molar-refractivity contribution in [1.82, 2.24) is 10.2 Å². The van der Waals surface area contributed by atoms with Crippen LogP contribution in [0.25, 0.3) is 0 Å². The fourth-order valence-electron chi connectivity index (χ4n) is 2.03. The molecule has 2 rings (SSSR count). The Morgan fingerprint density at radius 1 is 1.28 bits per heavy atom. The summed E-state index contributed by atoms with van der Waals surface area (Å²) >= 11 is 0. The van der Waals surface area contributed by atoms with E-state index >= 15 is 0 Å². The summed E-state index contributed by atoms with van der Waals surface area (Å²) in [5, 5.41) is 11.6. The molecule has 96 valence electrons. The van der Waals surface area contributed by atoms with E-state index in [1.807, 2.05) is 6.92 Å². The molecule has 0 bridgehead atoms. The SMILES string of the molecule is CCC1(C)C(=O)NC(=O)N1Cc1ccc(O)cc1. The van der Waals surface area contributed by atoms with Gasteiger partial charge >= 0.3 is 6.03 Å². The van der Waals surface area contributed by atoms with Gasteiger partial charge in [0, 0.05) is 6.54 Å². The average molecular weight is 248 g/mol. The Morgan fingerprint density at radius 3 is 2.44 bits per heavy atom. The smallest absolute Gasteiger partial charge is 0.325 e. The number of benzene rings is 1. The molecule has 0 spiro atoms. The Kier molecular flexibility index (Phi) is 2.98. The summed E-state index contributed by atoms with van der Waals surface area (Å²) < 4.78 is 0. The third-order valence-electron chi connectivity index (χ3n) is 3.52. The first kappa shape index (κ1) is 12.4. The van der Waals surface area contributed by atoms with E-state index in [2.05, 4.69) is 5.32 Å². The molecule has 1 fully saturated rings. The number of hydrogen-bond donors (Lipinski definition) is 2. The zero-order valence-electron chi connectivity index (χ0n) is 10.4. The predicted molar refractivity (Wildman–Crippen MR) is 65.9 cm³/mol. The topological polar surface area (TPSA) is 69.6 Å². The number of urea groups is 1. The number of phenols is 1. The number of amides is 3. The Morgan fingerprint density at radius 2 is 1.89 bits per heavy atom. The van der Waals surface area contributed by atoms with E-state index < -0.39 is 5.54 Å². The summed E-state index contributed by atoms with van der Waals surface area (Å²) in [7, 11) is 0. The molecule has 1 aromatic rings. The van der Waals surface area contributed by atoms with E-state index in [1.165, 1.54) is 4.90 Å². The van der Waals surface area contributed by atoms with Gasteiger partial charge in [0.1, 0.15) is 11.3 Å². The van der Waals surface area contributed by atoms with Crippen molar-refractivity contribution in [1.29, 1.82) is 0 Å². The minimum absolute atomic E-state index is 0.180. The third-order valence-corrected chi connectivity index (χ3v) is 3.52. The number of nitrogens with one attached hydrogen (secondary N) is 1. The summed E-state index contributed by atoms with van der Waals surface area (Å²) in [5.74, 6) is -0.0762. The van der Waals surface area contributed by atoms with Gasteiger partial charge in [-0.15, -0.1) is 0 Å². The third kappa shape index (κ3) is 1.92. The number of aromatic hydroxyl groups is 1. The van der Waals surface area contributed by atoms with Crippen LogP contribution in [-0.2, 0) is 11.3 Å². The lowest BCUT2D eigenvalue weighted by atomic mass is 9.97. The van der Waals surface area contributed by atoms with Crippen molar-refractivity contribution in [2.24, 2.45) is 0 Å². The molecule has 1 saturated heterocycles. The predicted octanol–water partition coefficient (Wildman–Crippen LogP) is 1.61. The number of phenolic OH excluding ortho intramolecular Hbond substituents is 1.